The lowest BCUT2D eigenvalue weighted by Crippen LogP contribution is -2.51. The van der Waals surface area contributed by atoms with Gasteiger partial charge in [0.15, 0.2) is 0 Å². The van der Waals surface area contributed by atoms with Crippen molar-refractivity contribution in [2.24, 2.45) is 0 Å². The molecule has 0 unspecified atom stereocenters. The van der Waals surface area contributed by atoms with Gasteiger partial charge in [0.05, 0.1) is 19.1 Å². The molecule has 2 aromatic rings. The fourth-order valence-electron chi connectivity index (χ4n) is 4.16. The summed E-state index contributed by atoms with van der Waals surface area (Å²) < 4.78 is 31.7. The van der Waals surface area contributed by atoms with Crippen LogP contribution < -0.4 is 14.4 Å². The molecular formula is C28H41N3O5S. The molecule has 0 radical (unpaired) electrons. The average molecular weight is 532 g/mol. The zero-order valence-corrected chi connectivity index (χ0v) is 23.5. The summed E-state index contributed by atoms with van der Waals surface area (Å²) in [6.45, 7) is 6.36. The SMILES string of the molecule is CC[C@@H](C)NC(=O)[C@H](CC)N(CCc1ccccc1)C(=O)CCCN(c1ccccc1OC)S(C)(=O)=O. The first kappa shape index (κ1) is 30.2. The molecular weight excluding hydrogens is 490 g/mol. The molecule has 0 aromatic heterocycles. The van der Waals surface area contributed by atoms with E-state index in [4.69, 9.17) is 4.74 Å². The van der Waals surface area contributed by atoms with Gasteiger partial charge in [-0.2, -0.15) is 0 Å². The maximum atomic E-state index is 13.5. The van der Waals surface area contributed by atoms with Crippen LogP contribution in [0.25, 0.3) is 0 Å². The number of hydrogen-bond acceptors (Lipinski definition) is 5. The first-order valence-electron chi connectivity index (χ1n) is 12.9. The Morgan fingerprint density at radius 2 is 1.62 bits per heavy atom. The molecule has 2 rings (SSSR count). The van der Waals surface area contributed by atoms with Crippen molar-refractivity contribution >= 4 is 27.5 Å². The van der Waals surface area contributed by atoms with Crippen LogP contribution in [-0.2, 0) is 26.0 Å². The van der Waals surface area contributed by atoms with E-state index < -0.39 is 16.1 Å². The second-order valence-electron chi connectivity index (χ2n) is 9.18. The number of nitrogens with one attached hydrogen (secondary N) is 1. The van der Waals surface area contributed by atoms with E-state index in [-0.39, 0.29) is 30.8 Å². The van der Waals surface area contributed by atoms with E-state index >= 15 is 0 Å². The lowest BCUT2D eigenvalue weighted by Gasteiger charge is -2.32. The highest BCUT2D eigenvalue weighted by atomic mass is 32.2. The number of carbonyl (C=O) groups excluding carboxylic acids is 2. The number of rotatable bonds is 15. The number of ether oxygens (including phenoxy) is 1. The molecule has 0 saturated carbocycles. The molecule has 0 aliphatic rings. The summed E-state index contributed by atoms with van der Waals surface area (Å²) in [5.41, 5.74) is 1.51. The smallest absolute Gasteiger partial charge is 0.243 e. The number of amides is 2. The Morgan fingerprint density at radius 3 is 2.22 bits per heavy atom. The second kappa shape index (κ2) is 14.6. The van der Waals surface area contributed by atoms with Gasteiger partial charge in [0, 0.05) is 25.6 Å². The quantitative estimate of drug-likeness (QED) is 0.375. The van der Waals surface area contributed by atoms with Crippen LogP contribution in [0.1, 0.15) is 52.0 Å². The second-order valence-corrected chi connectivity index (χ2v) is 11.1. The Balaban J connectivity index is 2.19. The lowest BCUT2D eigenvalue weighted by molar-refractivity contribution is -0.141. The van der Waals surface area contributed by atoms with Crippen molar-refractivity contribution in [2.45, 2.75) is 65.0 Å². The summed E-state index contributed by atoms with van der Waals surface area (Å²) in [7, 11) is -2.11. The van der Waals surface area contributed by atoms with Gasteiger partial charge in [0.2, 0.25) is 21.8 Å². The van der Waals surface area contributed by atoms with E-state index in [0.717, 1.165) is 18.2 Å². The number of sulfonamides is 1. The maximum absolute atomic E-state index is 13.5. The molecule has 0 aliphatic heterocycles. The van der Waals surface area contributed by atoms with Crippen LogP contribution in [0.5, 0.6) is 5.75 Å². The van der Waals surface area contributed by atoms with Gasteiger partial charge in [-0.3, -0.25) is 13.9 Å². The Bertz CT molecular complexity index is 1110. The van der Waals surface area contributed by atoms with Crippen molar-refractivity contribution in [1.29, 1.82) is 0 Å². The molecule has 9 heteroatoms. The molecule has 1 N–H and O–H groups in total. The molecule has 37 heavy (non-hydrogen) atoms. The third-order valence-electron chi connectivity index (χ3n) is 6.38. The summed E-state index contributed by atoms with van der Waals surface area (Å²) in [4.78, 5) is 28.2. The molecule has 0 aliphatic carbocycles. The van der Waals surface area contributed by atoms with Crippen LogP contribution in [0, 0.1) is 0 Å². The van der Waals surface area contributed by atoms with Crippen LogP contribution in [0.4, 0.5) is 5.69 Å². The molecule has 8 nitrogen and oxygen atoms in total. The zero-order valence-electron chi connectivity index (χ0n) is 22.6. The van der Waals surface area contributed by atoms with Crippen LogP contribution in [0.3, 0.4) is 0 Å². The molecule has 0 spiro atoms. The minimum atomic E-state index is -3.60. The molecule has 0 bridgehead atoms. The predicted octanol–water partition coefficient (Wildman–Crippen LogP) is 4.01. The summed E-state index contributed by atoms with van der Waals surface area (Å²) in [6.07, 6.45) is 3.46. The monoisotopic (exact) mass is 531 g/mol. The van der Waals surface area contributed by atoms with Crippen LogP contribution >= 0.6 is 0 Å². The fourth-order valence-corrected chi connectivity index (χ4v) is 5.12. The summed E-state index contributed by atoms with van der Waals surface area (Å²) >= 11 is 0. The molecule has 2 aromatic carbocycles. The van der Waals surface area contributed by atoms with Crippen LogP contribution in [-0.4, -0.2) is 63.7 Å². The van der Waals surface area contributed by atoms with E-state index in [1.165, 1.54) is 11.4 Å². The van der Waals surface area contributed by atoms with Crippen molar-refractivity contribution in [3.05, 3.63) is 60.2 Å². The Labute approximate surface area is 222 Å². The fraction of sp³-hybridized carbons (Fsp3) is 0.500. The van der Waals surface area contributed by atoms with Crippen molar-refractivity contribution in [1.82, 2.24) is 10.2 Å². The number of carbonyl (C=O) groups is 2. The first-order chi connectivity index (χ1) is 17.6. The molecule has 2 amide bonds. The number of benzene rings is 2. The van der Waals surface area contributed by atoms with Crippen LogP contribution in [0.2, 0.25) is 0 Å². The number of methoxy groups -OCH3 is 1. The topological polar surface area (TPSA) is 96.0 Å². The number of hydrogen-bond donors (Lipinski definition) is 1. The average Bonchev–Trinajstić information content (AvgIpc) is 2.88. The summed E-state index contributed by atoms with van der Waals surface area (Å²) in [6, 6.07) is 16.2. The maximum Gasteiger partial charge on any atom is 0.243 e. The molecule has 0 heterocycles. The van der Waals surface area contributed by atoms with Crippen molar-refractivity contribution < 1.29 is 22.7 Å². The number of para-hydroxylation sites is 2. The third-order valence-corrected chi connectivity index (χ3v) is 7.56. The predicted molar refractivity (Wildman–Crippen MR) is 148 cm³/mol. The Kier molecular flexibility index (Phi) is 11.9. The number of nitrogens with zero attached hydrogens (tertiary/aromatic N) is 2. The molecule has 0 fully saturated rings. The molecule has 204 valence electrons. The van der Waals surface area contributed by atoms with Crippen LogP contribution in [0.15, 0.2) is 54.6 Å². The lowest BCUT2D eigenvalue weighted by atomic mass is 10.1. The van der Waals surface area contributed by atoms with Gasteiger partial charge in [0.25, 0.3) is 0 Å². The van der Waals surface area contributed by atoms with E-state index in [0.29, 0.717) is 37.2 Å². The van der Waals surface area contributed by atoms with Crippen molar-refractivity contribution in [3.8, 4) is 5.75 Å². The van der Waals surface area contributed by atoms with Gasteiger partial charge in [-0.15, -0.1) is 0 Å². The third kappa shape index (κ3) is 9.07. The first-order valence-corrected chi connectivity index (χ1v) is 14.7. The molecule has 2 atom stereocenters. The number of anilines is 1. The largest absolute Gasteiger partial charge is 0.495 e. The summed E-state index contributed by atoms with van der Waals surface area (Å²) in [5.74, 6) is 0.108. The Morgan fingerprint density at radius 1 is 0.973 bits per heavy atom. The highest BCUT2D eigenvalue weighted by Crippen LogP contribution is 2.29. The summed E-state index contributed by atoms with van der Waals surface area (Å²) in [5, 5.41) is 3.01. The van der Waals surface area contributed by atoms with Gasteiger partial charge in [0.1, 0.15) is 11.8 Å². The van der Waals surface area contributed by atoms with E-state index in [9.17, 15) is 18.0 Å². The normalized spacial score (nSPS) is 12.9. The van der Waals surface area contributed by atoms with Gasteiger partial charge < -0.3 is 15.0 Å². The zero-order chi connectivity index (χ0) is 27.4. The highest BCUT2D eigenvalue weighted by molar-refractivity contribution is 7.92. The van der Waals surface area contributed by atoms with E-state index in [1.807, 2.05) is 51.1 Å². The van der Waals surface area contributed by atoms with Crippen molar-refractivity contribution in [2.75, 3.05) is 30.8 Å². The van der Waals surface area contributed by atoms with Crippen molar-refractivity contribution in [3.63, 3.8) is 0 Å². The minimum Gasteiger partial charge on any atom is -0.495 e. The highest BCUT2D eigenvalue weighted by Gasteiger charge is 2.29. The van der Waals surface area contributed by atoms with E-state index in [2.05, 4.69) is 5.32 Å². The van der Waals surface area contributed by atoms with Gasteiger partial charge in [-0.25, -0.2) is 8.42 Å². The Hall–Kier alpha value is -3.07. The van der Waals surface area contributed by atoms with Gasteiger partial charge in [-0.05, 0) is 50.3 Å². The van der Waals surface area contributed by atoms with Gasteiger partial charge >= 0.3 is 0 Å². The van der Waals surface area contributed by atoms with Gasteiger partial charge in [-0.1, -0.05) is 56.3 Å². The molecule has 0 saturated heterocycles. The minimum absolute atomic E-state index is 0.0109. The standard InChI is InChI=1S/C28H41N3O5S/c1-6-22(3)29-28(33)24(7-2)30(21-19-23-14-9-8-10-15-23)27(32)18-13-20-31(37(5,34)35)25-16-11-12-17-26(25)36-4/h8-12,14-17,22,24H,6-7,13,18-21H2,1-5H3,(H,29,33)/t22-,24+/m1/s1. The van der Waals surface area contributed by atoms with E-state index in [1.54, 1.807) is 29.2 Å².